The molecule has 6 nitrogen and oxygen atoms in total. The number of imide groups is 1. The summed E-state index contributed by atoms with van der Waals surface area (Å²) < 4.78 is 0. The maximum atomic E-state index is 13.1. The van der Waals surface area contributed by atoms with E-state index >= 15 is 0 Å². The largest absolute Gasteiger partial charge is 0.286 e. The summed E-state index contributed by atoms with van der Waals surface area (Å²) in [7, 11) is 0. The Hall–Kier alpha value is -2.93. The van der Waals surface area contributed by atoms with Gasteiger partial charge in [-0.2, -0.15) is 0 Å². The van der Waals surface area contributed by atoms with Crippen LogP contribution in [0.3, 0.4) is 0 Å². The number of para-hydroxylation sites is 1. The molecule has 0 N–H and O–H groups in total. The molecule has 4 rings (SSSR count). The maximum absolute atomic E-state index is 13.1. The summed E-state index contributed by atoms with van der Waals surface area (Å²) in [6, 6.07) is 16.1. The fourth-order valence-corrected chi connectivity index (χ4v) is 4.66. The van der Waals surface area contributed by atoms with E-state index in [-0.39, 0.29) is 18.5 Å². The van der Waals surface area contributed by atoms with Crippen molar-refractivity contribution in [3.8, 4) is 0 Å². The van der Waals surface area contributed by atoms with Crippen LogP contribution in [-0.4, -0.2) is 51.0 Å². The zero-order valence-corrected chi connectivity index (χ0v) is 16.2. The molecule has 2 aliphatic heterocycles. The van der Waals surface area contributed by atoms with Gasteiger partial charge in [0, 0.05) is 11.8 Å². The van der Waals surface area contributed by atoms with Crippen molar-refractivity contribution < 1.29 is 14.4 Å². The molecule has 2 aromatic rings. The zero-order chi connectivity index (χ0) is 19.7. The van der Waals surface area contributed by atoms with Crippen molar-refractivity contribution in [2.24, 2.45) is 4.99 Å². The van der Waals surface area contributed by atoms with Crippen LogP contribution in [0.1, 0.15) is 34.1 Å². The van der Waals surface area contributed by atoms with Gasteiger partial charge in [0.05, 0.1) is 16.8 Å². The van der Waals surface area contributed by atoms with Crippen molar-refractivity contribution in [1.82, 2.24) is 9.80 Å². The minimum atomic E-state index is -0.421. The molecule has 0 aromatic heterocycles. The van der Waals surface area contributed by atoms with E-state index in [4.69, 9.17) is 0 Å². The molecule has 0 radical (unpaired) electrons. The molecule has 1 atom stereocenters. The summed E-state index contributed by atoms with van der Waals surface area (Å²) >= 11 is 1.52. The summed E-state index contributed by atoms with van der Waals surface area (Å²) in [5.41, 5.74) is 1.46. The molecule has 0 bridgehead atoms. The Balaban J connectivity index is 1.58. The number of carbonyl (C=O) groups is 3. The van der Waals surface area contributed by atoms with Gasteiger partial charge in [-0.05, 0) is 30.7 Å². The van der Waals surface area contributed by atoms with Crippen LogP contribution in [0.15, 0.2) is 59.6 Å². The third kappa shape index (κ3) is 3.22. The second-order valence-corrected chi connectivity index (χ2v) is 7.60. The van der Waals surface area contributed by atoms with Crippen LogP contribution in [0.5, 0.6) is 0 Å². The van der Waals surface area contributed by atoms with E-state index in [1.54, 1.807) is 29.2 Å². The predicted molar refractivity (Wildman–Crippen MR) is 109 cm³/mol. The van der Waals surface area contributed by atoms with Crippen molar-refractivity contribution in [2.45, 2.75) is 19.4 Å². The maximum Gasteiger partial charge on any atom is 0.262 e. The molecule has 28 heavy (non-hydrogen) atoms. The van der Waals surface area contributed by atoms with E-state index in [2.05, 4.69) is 4.99 Å². The fraction of sp³-hybridized carbons (Fsp3) is 0.238. The van der Waals surface area contributed by atoms with Crippen LogP contribution in [0.25, 0.3) is 0 Å². The Bertz CT molecular complexity index is 939. The highest BCUT2D eigenvalue weighted by molar-refractivity contribution is 8.14. The lowest BCUT2D eigenvalue weighted by Crippen LogP contribution is -2.46. The van der Waals surface area contributed by atoms with Crippen molar-refractivity contribution in [1.29, 1.82) is 0 Å². The summed E-state index contributed by atoms with van der Waals surface area (Å²) in [4.78, 5) is 45.5. The Morgan fingerprint density at radius 1 is 1.04 bits per heavy atom. The van der Waals surface area contributed by atoms with Gasteiger partial charge in [0.2, 0.25) is 5.91 Å². The van der Waals surface area contributed by atoms with Gasteiger partial charge in [0.15, 0.2) is 5.17 Å². The monoisotopic (exact) mass is 393 g/mol. The van der Waals surface area contributed by atoms with E-state index in [0.29, 0.717) is 16.3 Å². The molecule has 0 saturated carbocycles. The minimum absolute atomic E-state index is 0.00450. The molecule has 3 amide bonds. The van der Waals surface area contributed by atoms with Gasteiger partial charge in [-0.15, -0.1) is 0 Å². The number of nitrogens with zero attached hydrogens (tertiary/aromatic N) is 3. The molecule has 1 saturated heterocycles. The summed E-state index contributed by atoms with van der Waals surface area (Å²) in [6.45, 7) is 1.73. The van der Waals surface area contributed by atoms with Crippen molar-refractivity contribution in [2.75, 3.05) is 12.3 Å². The summed E-state index contributed by atoms with van der Waals surface area (Å²) in [5.74, 6) is -0.387. The third-order valence-electron chi connectivity index (χ3n) is 4.87. The SMILES string of the molecule is CC[C@@H]1CSC(=Nc2ccccc2)N1C(=O)CN1C(=O)c2ccccc2C1=O. The topological polar surface area (TPSA) is 70.1 Å². The molecule has 2 aromatic carbocycles. The van der Waals surface area contributed by atoms with Crippen LogP contribution >= 0.6 is 11.8 Å². The number of carbonyl (C=O) groups excluding carboxylic acids is 3. The summed E-state index contributed by atoms with van der Waals surface area (Å²) in [6.07, 6.45) is 0.772. The predicted octanol–water partition coefficient (Wildman–Crippen LogP) is 3.32. The first kappa shape index (κ1) is 18.4. The zero-order valence-electron chi connectivity index (χ0n) is 15.4. The smallest absolute Gasteiger partial charge is 0.262 e. The number of fused-ring (bicyclic) bond motifs is 1. The van der Waals surface area contributed by atoms with Crippen molar-refractivity contribution in [3.63, 3.8) is 0 Å². The second-order valence-electron chi connectivity index (χ2n) is 6.61. The van der Waals surface area contributed by atoms with Gasteiger partial charge in [-0.1, -0.05) is 49.0 Å². The van der Waals surface area contributed by atoms with Crippen LogP contribution in [0.4, 0.5) is 5.69 Å². The number of thioether (sulfide) groups is 1. The lowest BCUT2D eigenvalue weighted by atomic mass is 10.1. The van der Waals surface area contributed by atoms with Gasteiger partial charge in [-0.3, -0.25) is 24.2 Å². The number of benzene rings is 2. The number of hydrogen-bond acceptors (Lipinski definition) is 5. The normalized spacial score (nSPS) is 20.2. The minimum Gasteiger partial charge on any atom is -0.286 e. The third-order valence-corrected chi connectivity index (χ3v) is 5.97. The molecule has 1 fully saturated rings. The van der Waals surface area contributed by atoms with E-state index in [1.165, 1.54) is 11.8 Å². The van der Waals surface area contributed by atoms with Crippen LogP contribution < -0.4 is 0 Å². The molecule has 2 aliphatic rings. The van der Waals surface area contributed by atoms with Crippen LogP contribution in [-0.2, 0) is 4.79 Å². The molecule has 0 spiro atoms. The Labute approximate surface area is 167 Å². The van der Waals surface area contributed by atoms with Gasteiger partial charge >= 0.3 is 0 Å². The number of amidine groups is 1. The molecule has 2 heterocycles. The average molecular weight is 393 g/mol. The summed E-state index contributed by atoms with van der Waals surface area (Å²) in [5, 5.41) is 0.611. The Kier molecular flexibility index (Phi) is 5.00. The first-order chi connectivity index (χ1) is 13.6. The molecule has 7 heteroatoms. The number of hydrogen-bond donors (Lipinski definition) is 0. The molecule has 142 valence electrons. The number of rotatable bonds is 4. The lowest BCUT2D eigenvalue weighted by molar-refractivity contribution is -0.128. The Morgan fingerprint density at radius 3 is 2.25 bits per heavy atom. The fourth-order valence-electron chi connectivity index (χ4n) is 3.38. The molecular weight excluding hydrogens is 374 g/mol. The highest BCUT2D eigenvalue weighted by Gasteiger charge is 2.40. The van der Waals surface area contributed by atoms with Crippen molar-refractivity contribution in [3.05, 3.63) is 65.7 Å². The highest BCUT2D eigenvalue weighted by Crippen LogP contribution is 2.30. The number of aliphatic imine (C=N–C) groups is 1. The van der Waals surface area contributed by atoms with E-state index in [1.807, 2.05) is 37.3 Å². The Morgan fingerprint density at radius 2 is 1.64 bits per heavy atom. The highest BCUT2D eigenvalue weighted by atomic mass is 32.2. The van der Waals surface area contributed by atoms with Gasteiger partial charge in [0.1, 0.15) is 6.54 Å². The number of amides is 3. The first-order valence-electron chi connectivity index (χ1n) is 9.14. The molecule has 0 unspecified atom stereocenters. The van der Waals surface area contributed by atoms with Gasteiger partial charge in [-0.25, -0.2) is 4.99 Å². The second kappa shape index (κ2) is 7.59. The standard InChI is InChI=1S/C21H19N3O3S/c1-2-15-13-28-21(22-14-8-4-3-5-9-14)24(15)18(25)12-23-19(26)16-10-6-7-11-17(16)20(23)27/h3-11,15H,2,12-13H2,1H3/t15-/m1/s1. The van der Waals surface area contributed by atoms with E-state index in [9.17, 15) is 14.4 Å². The van der Waals surface area contributed by atoms with Crippen molar-refractivity contribution >= 4 is 40.3 Å². The molecule has 0 aliphatic carbocycles. The van der Waals surface area contributed by atoms with Gasteiger partial charge in [0.25, 0.3) is 11.8 Å². The van der Waals surface area contributed by atoms with Crippen LogP contribution in [0, 0.1) is 0 Å². The quantitative estimate of drug-likeness (QED) is 0.747. The molecular formula is C21H19N3O3S. The van der Waals surface area contributed by atoms with E-state index < -0.39 is 11.8 Å². The average Bonchev–Trinajstić information content (AvgIpc) is 3.23. The lowest BCUT2D eigenvalue weighted by Gasteiger charge is -2.25. The van der Waals surface area contributed by atoms with Gasteiger partial charge < -0.3 is 0 Å². The first-order valence-corrected chi connectivity index (χ1v) is 10.1. The van der Waals surface area contributed by atoms with Crippen LogP contribution in [0.2, 0.25) is 0 Å². The van der Waals surface area contributed by atoms with E-state index in [0.717, 1.165) is 22.8 Å².